The van der Waals surface area contributed by atoms with Gasteiger partial charge in [0.05, 0.1) is 6.61 Å². The zero-order chi connectivity index (χ0) is 21.4. The monoisotopic (exact) mass is 413 g/mol. The fourth-order valence-corrected chi connectivity index (χ4v) is 2.61. The Morgan fingerprint density at radius 3 is 2.55 bits per heavy atom. The molecule has 0 atom stereocenters. The minimum atomic E-state index is -0.330. The fourth-order valence-electron chi connectivity index (χ4n) is 2.40. The van der Waals surface area contributed by atoms with E-state index in [-0.39, 0.29) is 16.9 Å². The number of hydrogen-bond donors (Lipinski definition) is 3. The third kappa shape index (κ3) is 7.19. The third-order valence-corrected chi connectivity index (χ3v) is 4.20. The summed E-state index contributed by atoms with van der Waals surface area (Å²) < 4.78 is 5.66. The molecule has 7 heteroatoms. The lowest BCUT2D eigenvalue weighted by Gasteiger charge is -2.13. The lowest BCUT2D eigenvalue weighted by atomic mass is 10.1. The highest BCUT2D eigenvalue weighted by atomic mass is 32.1. The Morgan fingerprint density at radius 2 is 1.86 bits per heavy atom. The molecule has 3 N–H and O–H groups in total. The predicted octanol–water partition coefficient (Wildman–Crippen LogP) is 4.51. The van der Waals surface area contributed by atoms with Crippen molar-refractivity contribution < 1.29 is 14.3 Å². The molecule has 0 heterocycles. The van der Waals surface area contributed by atoms with Crippen LogP contribution in [0.2, 0.25) is 0 Å². The minimum absolute atomic E-state index is 0.0688. The van der Waals surface area contributed by atoms with E-state index in [0.717, 1.165) is 5.56 Å². The number of thiocarbonyl (C=S) groups is 1. The van der Waals surface area contributed by atoms with Crippen LogP contribution in [-0.4, -0.2) is 23.5 Å². The third-order valence-electron chi connectivity index (χ3n) is 4.00. The van der Waals surface area contributed by atoms with Crippen molar-refractivity contribution in [3.63, 3.8) is 0 Å². The number of nitrogens with one attached hydrogen (secondary N) is 3. The van der Waals surface area contributed by atoms with E-state index in [4.69, 9.17) is 17.0 Å². The topological polar surface area (TPSA) is 79.5 Å². The summed E-state index contributed by atoms with van der Waals surface area (Å²) in [6.07, 6.45) is 0.394. The number of anilines is 2. The van der Waals surface area contributed by atoms with Crippen molar-refractivity contribution >= 4 is 40.5 Å². The van der Waals surface area contributed by atoms with Crippen LogP contribution in [0, 0.1) is 12.8 Å². The molecule has 154 valence electrons. The summed E-state index contributed by atoms with van der Waals surface area (Å²) >= 11 is 5.26. The van der Waals surface area contributed by atoms with Crippen molar-refractivity contribution in [3.8, 4) is 5.75 Å². The van der Waals surface area contributed by atoms with E-state index in [2.05, 4.69) is 29.8 Å². The molecule has 2 rings (SSSR count). The molecule has 2 aromatic carbocycles. The van der Waals surface area contributed by atoms with Crippen LogP contribution >= 0.6 is 12.2 Å². The Labute approximate surface area is 177 Å². The van der Waals surface area contributed by atoms with Gasteiger partial charge in [0.1, 0.15) is 5.75 Å². The fraction of sp³-hybridized carbons (Fsp3) is 0.318. The Kier molecular flexibility index (Phi) is 8.15. The first kappa shape index (κ1) is 22.4. The molecule has 6 nitrogen and oxygen atoms in total. The number of ether oxygens (including phenoxy) is 1. The van der Waals surface area contributed by atoms with Gasteiger partial charge in [-0.15, -0.1) is 0 Å². The molecule has 2 amide bonds. The molecule has 0 saturated heterocycles. The van der Waals surface area contributed by atoms with E-state index < -0.39 is 0 Å². The van der Waals surface area contributed by atoms with Crippen molar-refractivity contribution in [2.45, 2.75) is 34.1 Å². The van der Waals surface area contributed by atoms with Crippen LogP contribution in [0.1, 0.15) is 43.1 Å². The molecule has 0 fully saturated rings. The number of aryl methyl sites for hydroxylation is 1. The van der Waals surface area contributed by atoms with Gasteiger partial charge in [-0.2, -0.15) is 0 Å². The van der Waals surface area contributed by atoms with E-state index in [1.807, 2.05) is 25.1 Å². The summed E-state index contributed by atoms with van der Waals surface area (Å²) in [4.78, 5) is 24.1. The summed E-state index contributed by atoms with van der Waals surface area (Å²) in [5, 5.41) is 8.64. The van der Waals surface area contributed by atoms with Gasteiger partial charge in [0, 0.05) is 23.4 Å². The summed E-state index contributed by atoms with van der Waals surface area (Å²) in [5.74, 6) is 0.635. The van der Waals surface area contributed by atoms with E-state index >= 15 is 0 Å². The van der Waals surface area contributed by atoms with Crippen LogP contribution in [0.5, 0.6) is 5.75 Å². The predicted molar refractivity (Wildman–Crippen MR) is 121 cm³/mol. The Morgan fingerprint density at radius 1 is 1.10 bits per heavy atom. The van der Waals surface area contributed by atoms with Gasteiger partial charge in [-0.3, -0.25) is 14.9 Å². The minimum Gasteiger partial charge on any atom is -0.493 e. The first-order valence-electron chi connectivity index (χ1n) is 9.54. The average molecular weight is 414 g/mol. The van der Waals surface area contributed by atoms with Crippen molar-refractivity contribution in [1.29, 1.82) is 0 Å². The van der Waals surface area contributed by atoms with Gasteiger partial charge in [-0.1, -0.05) is 32.9 Å². The van der Waals surface area contributed by atoms with Gasteiger partial charge in [0.2, 0.25) is 5.91 Å². The first-order chi connectivity index (χ1) is 13.8. The zero-order valence-electron chi connectivity index (χ0n) is 17.2. The lowest BCUT2D eigenvalue weighted by Crippen LogP contribution is -2.34. The summed E-state index contributed by atoms with van der Waals surface area (Å²) in [5.41, 5.74) is 2.76. The molecule has 0 aliphatic heterocycles. The molecule has 29 heavy (non-hydrogen) atoms. The number of hydrogen-bond acceptors (Lipinski definition) is 4. The van der Waals surface area contributed by atoms with Crippen LogP contribution in [0.4, 0.5) is 11.4 Å². The highest BCUT2D eigenvalue weighted by Gasteiger charge is 2.10. The summed E-state index contributed by atoms with van der Waals surface area (Å²) in [6, 6.07) is 12.4. The molecule has 0 spiro atoms. The maximum atomic E-state index is 12.5. The number of rotatable bonds is 7. The van der Waals surface area contributed by atoms with Crippen LogP contribution < -0.4 is 20.7 Å². The molecule has 0 radical (unpaired) electrons. The maximum Gasteiger partial charge on any atom is 0.257 e. The lowest BCUT2D eigenvalue weighted by molar-refractivity contribution is -0.115. The van der Waals surface area contributed by atoms with Crippen LogP contribution in [0.25, 0.3) is 0 Å². The highest BCUT2D eigenvalue weighted by molar-refractivity contribution is 7.80. The van der Waals surface area contributed by atoms with Gasteiger partial charge in [-0.25, -0.2) is 0 Å². The van der Waals surface area contributed by atoms with Gasteiger partial charge >= 0.3 is 0 Å². The molecule has 0 aliphatic carbocycles. The first-order valence-corrected chi connectivity index (χ1v) is 9.95. The second-order valence-electron chi connectivity index (χ2n) is 7.07. The number of amides is 2. The van der Waals surface area contributed by atoms with Crippen molar-refractivity contribution in [2.75, 3.05) is 17.2 Å². The van der Waals surface area contributed by atoms with Crippen LogP contribution in [0.15, 0.2) is 42.5 Å². The largest absolute Gasteiger partial charge is 0.493 e. The second kappa shape index (κ2) is 10.6. The normalized spacial score (nSPS) is 10.4. The number of benzene rings is 2. The van der Waals surface area contributed by atoms with E-state index in [1.165, 1.54) is 0 Å². The Balaban J connectivity index is 2.00. The average Bonchev–Trinajstić information content (AvgIpc) is 2.69. The highest BCUT2D eigenvalue weighted by Crippen LogP contribution is 2.20. The standard InChI is InChI=1S/C22H27N3O3S/c1-5-20(26)24-19-12-17(10-9-15(19)4)23-22(29)25-21(27)16-7-6-8-18(11-16)28-13-14(2)3/h6-12,14H,5,13H2,1-4H3,(H,24,26)(H2,23,25,27,29). The van der Waals surface area contributed by atoms with Crippen molar-refractivity contribution in [2.24, 2.45) is 5.92 Å². The summed E-state index contributed by atoms with van der Waals surface area (Å²) in [7, 11) is 0. The molecule has 0 saturated carbocycles. The van der Waals surface area contributed by atoms with Crippen molar-refractivity contribution in [3.05, 3.63) is 53.6 Å². The summed E-state index contributed by atoms with van der Waals surface area (Å²) in [6.45, 7) is 8.40. The van der Waals surface area contributed by atoms with E-state index in [9.17, 15) is 9.59 Å². The van der Waals surface area contributed by atoms with E-state index in [0.29, 0.717) is 41.6 Å². The molecule has 0 aliphatic rings. The quantitative estimate of drug-likeness (QED) is 0.582. The number of carbonyl (C=O) groups is 2. The second-order valence-corrected chi connectivity index (χ2v) is 7.48. The molecular weight excluding hydrogens is 386 g/mol. The van der Waals surface area contributed by atoms with Gasteiger partial charge in [-0.05, 0) is 61.0 Å². The van der Waals surface area contributed by atoms with Crippen molar-refractivity contribution in [1.82, 2.24) is 5.32 Å². The zero-order valence-corrected chi connectivity index (χ0v) is 18.0. The molecule has 0 aromatic heterocycles. The molecule has 2 aromatic rings. The van der Waals surface area contributed by atoms with E-state index in [1.54, 1.807) is 31.2 Å². The van der Waals surface area contributed by atoms with Crippen LogP contribution in [-0.2, 0) is 4.79 Å². The molecule has 0 unspecified atom stereocenters. The maximum absolute atomic E-state index is 12.5. The molecular formula is C22H27N3O3S. The van der Waals surface area contributed by atoms with Gasteiger partial charge < -0.3 is 15.4 Å². The van der Waals surface area contributed by atoms with Crippen LogP contribution in [0.3, 0.4) is 0 Å². The number of carbonyl (C=O) groups excluding carboxylic acids is 2. The SMILES string of the molecule is CCC(=O)Nc1cc(NC(=S)NC(=O)c2cccc(OCC(C)C)c2)ccc1C. The molecule has 0 bridgehead atoms. The van der Waals surface area contributed by atoms with Gasteiger partial charge in [0.15, 0.2) is 5.11 Å². The Bertz CT molecular complexity index is 897. The van der Waals surface area contributed by atoms with Gasteiger partial charge in [0.25, 0.3) is 5.91 Å². The smallest absolute Gasteiger partial charge is 0.257 e. The Hall–Kier alpha value is -2.93.